The fourth-order valence-corrected chi connectivity index (χ4v) is 3.10. The van der Waals surface area contributed by atoms with Gasteiger partial charge >= 0.3 is 0 Å². The number of amides is 2. The fraction of sp³-hybridized carbons (Fsp3) is 0.100. The lowest BCUT2D eigenvalue weighted by molar-refractivity contribution is 0.0992. The van der Waals surface area contributed by atoms with Gasteiger partial charge in [0.1, 0.15) is 5.82 Å². The molecule has 5 nitrogen and oxygen atoms in total. The second-order valence-electron chi connectivity index (χ2n) is 6.11. The summed E-state index contributed by atoms with van der Waals surface area (Å²) in [5.41, 5.74) is 8.11. The smallest absolute Gasteiger partial charge is 0.257 e. The van der Waals surface area contributed by atoms with Crippen LogP contribution in [-0.2, 0) is 0 Å². The molecule has 0 saturated carbocycles. The van der Waals surface area contributed by atoms with Gasteiger partial charge in [-0.2, -0.15) is 0 Å². The van der Waals surface area contributed by atoms with Crippen LogP contribution in [0, 0.1) is 19.7 Å². The number of nitrogens with zero attached hydrogens (tertiary/aromatic N) is 1. The number of anilines is 1. The van der Waals surface area contributed by atoms with Crippen molar-refractivity contribution in [3.8, 4) is 5.69 Å². The van der Waals surface area contributed by atoms with Crippen LogP contribution in [0.4, 0.5) is 10.1 Å². The van der Waals surface area contributed by atoms with E-state index in [9.17, 15) is 14.0 Å². The highest BCUT2D eigenvalue weighted by Crippen LogP contribution is 2.23. The van der Waals surface area contributed by atoms with Gasteiger partial charge < -0.3 is 15.6 Å². The first-order valence-corrected chi connectivity index (χ1v) is 8.51. The number of aromatic nitrogens is 1. The molecule has 2 amide bonds. The van der Waals surface area contributed by atoms with Gasteiger partial charge in [0.15, 0.2) is 0 Å². The molecule has 0 aliphatic carbocycles. The third-order valence-electron chi connectivity index (χ3n) is 4.25. The van der Waals surface area contributed by atoms with Gasteiger partial charge in [0, 0.05) is 27.8 Å². The number of carbonyl (C=O) groups excluding carboxylic acids is 2. The predicted molar refractivity (Wildman–Crippen MR) is 103 cm³/mol. The Bertz CT molecular complexity index is 1040. The van der Waals surface area contributed by atoms with Crippen molar-refractivity contribution in [3.63, 3.8) is 0 Å². The number of carbonyl (C=O) groups is 2. The summed E-state index contributed by atoms with van der Waals surface area (Å²) in [5, 5.41) is 3.30. The topological polar surface area (TPSA) is 77.1 Å². The highest BCUT2D eigenvalue weighted by Gasteiger charge is 2.18. The number of primary amides is 1. The number of rotatable bonds is 4. The maximum atomic E-state index is 13.6. The van der Waals surface area contributed by atoms with Gasteiger partial charge in [-0.25, -0.2) is 4.39 Å². The van der Waals surface area contributed by atoms with Crippen LogP contribution in [-0.4, -0.2) is 16.4 Å². The van der Waals surface area contributed by atoms with Gasteiger partial charge in [0.2, 0.25) is 0 Å². The fourth-order valence-electron chi connectivity index (χ4n) is 2.97. The lowest BCUT2D eigenvalue weighted by atomic mass is 10.1. The molecule has 0 radical (unpaired) electrons. The minimum absolute atomic E-state index is 0.278. The summed E-state index contributed by atoms with van der Waals surface area (Å²) in [4.78, 5) is 24.0. The second kappa shape index (κ2) is 7.25. The van der Waals surface area contributed by atoms with E-state index in [1.54, 1.807) is 18.2 Å². The molecule has 0 saturated heterocycles. The monoisotopic (exact) mass is 385 g/mol. The average molecular weight is 386 g/mol. The summed E-state index contributed by atoms with van der Waals surface area (Å²) >= 11 is 5.94. The van der Waals surface area contributed by atoms with Crippen LogP contribution in [0.25, 0.3) is 5.69 Å². The SMILES string of the molecule is Cc1cc(C(=O)Nc2ccc(F)c(C(N)=O)c2)c(C)n1-c1ccc(Cl)cc1. The molecule has 0 spiro atoms. The summed E-state index contributed by atoms with van der Waals surface area (Å²) in [6.07, 6.45) is 0. The molecular weight excluding hydrogens is 369 g/mol. The van der Waals surface area contributed by atoms with E-state index in [2.05, 4.69) is 5.32 Å². The Balaban J connectivity index is 1.92. The number of halogens is 2. The molecule has 0 atom stereocenters. The summed E-state index contributed by atoms with van der Waals surface area (Å²) < 4.78 is 15.5. The van der Waals surface area contributed by atoms with Crippen LogP contribution in [0.2, 0.25) is 5.02 Å². The Morgan fingerprint density at radius 2 is 1.70 bits per heavy atom. The Hall–Kier alpha value is -3.12. The number of aryl methyl sites for hydroxylation is 1. The summed E-state index contributed by atoms with van der Waals surface area (Å²) in [6.45, 7) is 3.72. The van der Waals surface area contributed by atoms with E-state index in [1.165, 1.54) is 12.1 Å². The molecule has 1 aromatic heterocycles. The first kappa shape index (κ1) is 18.7. The molecule has 138 valence electrons. The molecule has 3 N–H and O–H groups in total. The normalized spacial score (nSPS) is 10.7. The molecule has 1 heterocycles. The standard InChI is InChI=1S/C20H17ClFN3O2/c1-11-9-16(12(2)25(11)15-6-3-13(21)4-7-15)20(27)24-14-5-8-18(22)17(10-14)19(23)26/h3-10H,1-2H3,(H2,23,26)(H,24,27). The van der Waals surface area contributed by atoms with Crippen LogP contribution >= 0.6 is 11.6 Å². The first-order chi connectivity index (χ1) is 12.8. The van der Waals surface area contributed by atoms with Crippen molar-refractivity contribution >= 4 is 29.1 Å². The molecular formula is C20H17ClFN3O2. The van der Waals surface area contributed by atoms with Crippen LogP contribution in [0.5, 0.6) is 0 Å². The van der Waals surface area contributed by atoms with Gasteiger partial charge in [-0.1, -0.05) is 11.6 Å². The third kappa shape index (κ3) is 3.71. The van der Waals surface area contributed by atoms with Gasteiger partial charge in [-0.3, -0.25) is 9.59 Å². The van der Waals surface area contributed by atoms with Gasteiger partial charge in [0.25, 0.3) is 11.8 Å². The van der Waals surface area contributed by atoms with E-state index in [-0.39, 0.29) is 17.2 Å². The van der Waals surface area contributed by atoms with Gasteiger partial charge in [0.05, 0.1) is 11.1 Å². The van der Waals surface area contributed by atoms with Crippen LogP contribution in [0.15, 0.2) is 48.5 Å². The Morgan fingerprint density at radius 3 is 2.33 bits per heavy atom. The zero-order chi connectivity index (χ0) is 19.7. The van der Waals surface area contributed by atoms with Crippen LogP contribution in [0.1, 0.15) is 32.1 Å². The van der Waals surface area contributed by atoms with Gasteiger partial charge in [-0.05, 0) is 62.4 Å². The Morgan fingerprint density at radius 1 is 1.04 bits per heavy atom. The molecule has 7 heteroatoms. The van der Waals surface area contributed by atoms with E-state index in [1.807, 2.05) is 30.5 Å². The minimum atomic E-state index is -0.899. The van der Waals surface area contributed by atoms with E-state index in [0.29, 0.717) is 10.6 Å². The second-order valence-corrected chi connectivity index (χ2v) is 6.55. The zero-order valence-corrected chi connectivity index (χ0v) is 15.5. The molecule has 3 rings (SSSR count). The van der Waals surface area contributed by atoms with Crippen molar-refractivity contribution in [1.29, 1.82) is 0 Å². The van der Waals surface area contributed by atoms with Crippen molar-refractivity contribution < 1.29 is 14.0 Å². The number of hydrogen-bond acceptors (Lipinski definition) is 2. The number of hydrogen-bond donors (Lipinski definition) is 2. The van der Waals surface area contributed by atoms with Crippen molar-refractivity contribution in [2.45, 2.75) is 13.8 Å². The predicted octanol–water partition coefficient (Wildman–Crippen LogP) is 4.24. The highest BCUT2D eigenvalue weighted by molar-refractivity contribution is 6.30. The molecule has 0 aliphatic heterocycles. The quantitative estimate of drug-likeness (QED) is 0.704. The molecule has 0 aliphatic rings. The highest BCUT2D eigenvalue weighted by atomic mass is 35.5. The Kier molecular flexibility index (Phi) is 5.01. The first-order valence-electron chi connectivity index (χ1n) is 8.13. The van der Waals surface area contributed by atoms with Gasteiger partial charge in [-0.15, -0.1) is 0 Å². The van der Waals surface area contributed by atoms with Crippen molar-refractivity contribution in [2.75, 3.05) is 5.32 Å². The molecule has 0 unspecified atom stereocenters. The number of nitrogens with two attached hydrogens (primary N) is 1. The summed E-state index contributed by atoms with van der Waals surface area (Å²) in [6, 6.07) is 12.7. The van der Waals surface area contributed by atoms with Crippen molar-refractivity contribution in [2.24, 2.45) is 5.73 Å². The van der Waals surface area contributed by atoms with Crippen LogP contribution < -0.4 is 11.1 Å². The van der Waals surface area contributed by atoms with E-state index in [4.69, 9.17) is 17.3 Å². The van der Waals surface area contributed by atoms with E-state index in [0.717, 1.165) is 23.1 Å². The van der Waals surface area contributed by atoms with Crippen molar-refractivity contribution in [1.82, 2.24) is 4.57 Å². The van der Waals surface area contributed by atoms with Crippen molar-refractivity contribution in [3.05, 3.63) is 81.9 Å². The van der Waals surface area contributed by atoms with E-state index >= 15 is 0 Å². The zero-order valence-electron chi connectivity index (χ0n) is 14.7. The molecule has 2 aromatic carbocycles. The molecule has 3 aromatic rings. The average Bonchev–Trinajstić information content (AvgIpc) is 2.92. The lowest BCUT2D eigenvalue weighted by Gasteiger charge is -2.10. The lowest BCUT2D eigenvalue weighted by Crippen LogP contribution is -2.16. The number of nitrogens with one attached hydrogen (secondary N) is 1. The third-order valence-corrected chi connectivity index (χ3v) is 4.50. The summed E-state index contributed by atoms with van der Waals surface area (Å²) in [7, 11) is 0. The van der Waals surface area contributed by atoms with Crippen LogP contribution in [0.3, 0.4) is 0 Å². The largest absolute Gasteiger partial charge is 0.366 e. The summed E-state index contributed by atoms with van der Waals surface area (Å²) in [5.74, 6) is -2.00. The minimum Gasteiger partial charge on any atom is -0.366 e. The molecule has 0 fully saturated rings. The Labute approximate surface area is 160 Å². The maximum Gasteiger partial charge on any atom is 0.257 e. The van der Waals surface area contributed by atoms with E-state index < -0.39 is 11.7 Å². The number of benzene rings is 2. The maximum absolute atomic E-state index is 13.6. The molecule has 27 heavy (non-hydrogen) atoms. The molecule has 0 bridgehead atoms.